The minimum atomic E-state index is -0.290. The number of carbonyl (C=O) groups excluding carboxylic acids is 2. The zero-order chi connectivity index (χ0) is 18.0. The topological polar surface area (TPSA) is 49.4 Å². The summed E-state index contributed by atoms with van der Waals surface area (Å²) >= 11 is 1.77. The van der Waals surface area contributed by atoms with E-state index < -0.39 is 0 Å². The molecule has 2 amide bonds. The molecule has 1 aliphatic rings. The Bertz CT molecular complexity index is 766. The Morgan fingerprint density at radius 3 is 2.68 bits per heavy atom. The molecule has 0 fully saturated rings. The number of rotatable bonds is 4. The molecule has 1 aromatic heterocycles. The molecule has 0 saturated heterocycles. The summed E-state index contributed by atoms with van der Waals surface area (Å²) in [7, 11) is 0. The van der Waals surface area contributed by atoms with E-state index in [0.717, 1.165) is 24.1 Å². The van der Waals surface area contributed by atoms with Crippen molar-refractivity contribution in [2.24, 2.45) is 0 Å². The molecular weight excluding hydrogens is 332 g/mol. The summed E-state index contributed by atoms with van der Waals surface area (Å²) in [5.74, 6) is -0.0335. The van der Waals surface area contributed by atoms with Crippen LogP contribution in [-0.4, -0.2) is 23.3 Å². The summed E-state index contributed by atoms with van der Waals surface area (Å²) in [5.41, 5.74) is 3.39. The van der Waals surface area contributed by atoms with Crippen LogP contribution in [0.5, 0.6) is 0 Å². The first-order valence-corrected chi connectivity index (χ1v) is 9.53. The van der Waals surface area contributed by atoms with Crippen LogP contribution in [0.3, 0.4) is 0 Å². The molecule has 1 N–H and O–H groups in total. The van der Waals surface area contributed by atoms with E-state index in [1.54, 1.807) is 11.3 Å². The summed E-state index contributed by atoms with van der Waals surface area (Å²) in [6.07, 6.45) is 1.20. The standard InChI is InChI=1S/C20H24N2O2S/c1-13-4-6-16(7-5-13)18(21-15(3)23)12-20(24)22-10-8-19-17(14(22)2)9-11-25-19/h4-7,9,11,14,18H,8,10,12H2,1-3H3,(H,21,23)/t14-,18-/m1/s1. The number of hydrogen-bond acceptors (Lipinski definition) is 3. The lowest BCUT2D eigenvalue weighted by molar-refractivity contribution is -0.134. The predicted molar refractivity (Wildman–Crippen MR) is 101 cm³/mol. The van der Waals surface area contributed by atoms with Gasteiger partial charge in [-0.15, -0.1) is 11.3 Å². The minimum absolute atomic E-state index is 0.0867. The second kappa shape index (κ2) is 7.40. The van der Waals surface area contributed by atoms with Gasteiger partial charge in [0.05, 0.1) is 18.5 Å². The van der Waals surface area contributed by atoms with Crippen LogP contribution in [0, 0.1) is 6.92 Å². The van der Waals surface area contributed by atoms with Crippen molar-refractivity contribution in [2.45, 2.75) is 45.7 Å². The third kappa shape index (κ3) is 3.93. The van der Waals surface area contributed by atoms with E-state index in [0.29, 0.717) is 0 Å². The van der Waals surface area contributed by atoms with Crippen molar-refractivity contribution in [3.63, 3.8) is 0 Å². The summed E-state index contributed by atoms with van der Waals surface area (Å²) in [5, 5.41) is 5.03. The lowest BCUT2D eigenvalue weighted by Gasteiger charge is -2.34. The van der Waals surface area contributed by atoms with Crippen LogP contribution in [0.2, 0.25) is 0 Å². The Balaban J connectivity index is 1.76. The average Bonchev–Trinajstić information content (AvgIpc) is 3.04. The van der Waals surface area contributed by atoms with Gasteiger partial charge in [0.15, 0.2) is 0 Å². The number of carbonyl (C=O) groups is 2. The van der Waals surface area contributed by atoms with Crippen LogP contribution in [0.15, 0.2) is 35.7 Å². The highest BCUT2D eigenvalue weighted by Crippen LogP contribution is 2.34. The second-order valence-corrected chi connectivity index (χ2v) is 7.68. The number of aryl methyl sites for hydroxylation is 1. The van der Waals surface area contributed by atoms with Crippen molar-refractivity contribution < 1.29 is 9.59 Å². The maximum absolute atomic E-state index is 13.0. The van der Waals surface area contributed by atoms with Gasteiger partial charge in [-0.05, 0) is 42.8 Å². The van der Waals surface area contributed by atoms with E-state index in [9.17, 15) is 9.59 Å². The number of nitrogens with one attached hydrogen (secondary N) is 1. The lowest BCUT2D eigenvalue weighted by atomic mass is 9.98. The van der Waals surface area contributed by atoms with Crippen molar-refractivity contribution in [1.29, 1.82) is 0 Å². The largest absolute Gasteiger partial charge is 0.349 e. The van der Waals surface area contributed by atoms with E-state index in [-0.39, 0.29) is 30.3 Å². The molecule has 2 heterocycles. The summed E-state index contributed by atoms with van der Waals surface area (Å²) in [6.45, 7) is 6.35. The fraction of sp³-hybridized carbons (Fsp3) is 0.400. The number of benzene rings is 1. The van der Waals surface area contributed by atoms with Crippen LogP contribution in [0.25, 0.3) is 0 Å². The fourth-order valence-electron chi connectivity index (χ4n) is 3.44. The number of nitrogens with zero attached hydrogens (tertiary/aromatic N) is 1. The maximum Gasteiger partial charge on any atom is 0.225 e. The Kier molecular flexibility index (Phi) is 5.23. The van der Waals surface area contributed by atoms with Crippen LogP contribution < -0.4 is 5.32 Å². The first-order valence-electron chi connectivity index (χ1n) is 8.65. The lowest BCUT2D eigenvalue weighted by Crippen LogP contribution is -2.40. The molecule has 1 aromatic carbocycles. The van der Waals surface area contributed by atoms with Crippen molar-refractivity contribution in [1.82, 2.24) is 10.2 Å². The summed E-state index contributed by atoms with van der Waals surface area (Å²) < 4.78 is 0. The molecule has 0 bridgehead atoms. The third-order valence-electron chi connectivity index (χ3n) is 4.83. The average molecular weight is 356 g/mol. The molecule has 0 unspecified atom stereocenters. The zero-order valence-corrected chi connectivity index (χ0v) is 15.7. The Hall–Kier alpha value is -2.14. The van der Waals surface area contributed by atoms with Crippen molar-refractivity contribution in [3.8, 4) is 0 Å². The van der Waals surface area contributed by atoms with E-state index in [2.05, 4.69) is 23.7 Å². The van der Waals surface area contributed by atoms with E-state index in [4.69, 9.17) is 0 Å². The van der Waals surface area contributed by atoms with Gasteiger partial charge in [0.2, 0.25) is 11.8 Å². The molecule has 2 atom stereocenters. The van der Waals surface area contributed by atoms with Crippen LogP contribution in [0.1, 0.15) is 53.9 Å². The van der Waals surface area contributed by atoms with E-state index >= 15 is 0 Å². The van der Waals surface area contributed by atoms with Gasteiger partial charge in [-0.2, -0.15) is 0 Å². The molecule has 0 radical (unpaired) electrons. The highest BCUT2D eigenvalue weighted by molar-refractivity contribution is 7.10. The fourth-order valence-corrected chi connectivity index (χ4v) is 4.40. The van der Waals surface area contributed by atoms with Gasteiger partial charge in [0, 0.05) is 18.3 Å². The van der Waals surface area contributed by atoms with Crippen molar-refractivity contribution in [3.05, 3.63) is 57.3 Å². The number of thiophene rings is 1. The van der Waals surface area contributed by atoms with Crippen molar-refractivity contribution >= 4 is 23.2 Å². The molecule has 132 valence electrons. The van der Waals surface area contributed by atoms with Gasteiger partial charge >= 0.3 is 0 Å². The predicted octanol–water partition coefficient (Wildman–Crippen LogP) is 3.77. The Morgan fingerprint density at radius 1 is 1.28 bits per heavy atom. The first kappa shape index (κ1) is 17.7. The van der Waals surface area contributed by atoms with E-state index in [1.807, 2.05) is 36.1 Å². The molecule has 0 spiro atoms. The summed E-state index contributed by atoms with van der Waals surface area (Å²) in [6, 6.07) is 9.92. The molecule has 3 rings (SSSR count). The molecule has 4 nitrogen and oxygen atoms in total. The van der Waals surface area contributed by atoms with Gasteiger partial charge < -0.3 is 10.2 Å². The molecule has 1 aliphatic heterocycles. The van der Waals surface area contributed by atoms with Gasteiger partial charge in [-0.25, -0.2) is 0 Å². The highest BCUT2D eigenvalue weighted by Gasteiger charge is 2.30. The molecule has 0 aliphatic carbocycles. The van der Waals surface area contributed by atoms with Gasteiger partial charge in [0.1, 0.15) is 0 Å². The van der Waals surface area contributed by atoms with Gasteiger partial charge in [-0.1, -0.05) is 29.8 Å². The SMILES string of the molecule is CC(=O)N[C@H](CC(=O)N1CCc2sccc2[C@H]1C)c1ccc(C)cc1. The molecule has 5 heteroatoms. The second-order valence-electron chi connectivity index (χ2n) is 6.68. The Morgan fingerprint density at radius 2 is 2.00 bits per heavy atom. The first-order chi connectivity index (χ1) is 12.0. The summed E-state index contributed by atoms with van der Waals surface area (Å²) in [4.78, 5) is 27.9. The Labute approximate surface area is 152 Å². The van der Waals surface area contributed by atoms with Gasteiger partial charge in [-0.3, -0.25) is 9.59 Å². The van der Waals surface area contributed by atoms with Crippen LogP contribution in [-0.2, 0) is 16.0 Å². The smallest absolute Gasteiger partial charge is 0.225 e. The highest BCUT2D eigenvalue weighted by atomic mass is 32.1. The molecule has 2 aromatic rings. The number of amides is 2. The number of hydrogen-bond donors (Lipinski definition) is 1. The quantitative estimate of drug-likeness (QED) is 0.906. The third-order valence-corrected chi connectivity index (χ3v) is 5.83. The molecular formula is C20H24N2O2S. The normalized spacial score (nSPS) is 17.7. The van der Waals surface area contributed by atoms with Crippen molar-refractivity contribution in [2.75, 3.05) is 6.54 Å². The van der Waals surface area contributed by atoms with Crippen LogP contribution >= 0.6 is 11.3 Å². The molecule has 0 saturated carbocycles. The van der Waals surface area contributed by atoms with Crippen LogP contribution in [0.4, 0.5) is 0 Å². The van der Waals surface area contributed by atoms with E-state index in [1.165, 1.54) is 17.4 Å². The molecule has 25 heavy (non-hydrogen) atoms. The monoisotopic (exact) mass is 356 g/mol. The maximum atomic E-state index is 13.0. The van der Waals surface area contributed by atoms with Gasteiger partial charge in [0.25, 0.3) is 0 Å². The minimum Gasteiger partial charge on any atom is -0.349 e. The zero-order valence-electron chi connectivity index (χ0n) is 14.9. The number of fused-ring (bicyclic) bond motifs is 1.